The molecule has 0 bridgehead atoms. The maximum Gasteiger partial charge on any atom is 0.317 e. The third-order valence-electron chi connectivity index (χ3n) is 3.59. The third kappa shape index (κ3) is 2.43. The van der Waals surface area contributed by atoms with E-state index in [-0.39, 0.29) is 6.03 Å². The van der Waals surface area contributed by atoms with E-state index in [1.165, 1.54) is 19.3 Å². The van der Waals surface area contributed by atoms with Crippen LogP contribution in [0.3, 0.4) is 0 Å². The number of carbonyl (C=O) groups is 1. The van der Waals surface area contributed by atoms with Gasteiger partial charge in [0.15, 0.2) is 0 Å². The molecule has 2 N–H and O–H groups in total. The lowest BCUT2D eigenvalue weighted by molar-refractivity contribution is 0.216. The van der Waals surface area contributed by atoms with E-state index in [1.807, 2.05) is 11.9 Å². The highest BCUT2D eigenvalue weighted by Crippen LogP contribution is 2.31. The molecule has 2 fully saturated rings. The second kappa shape index (κ2) is 4.84. The fraction of sp³-hybridized carbons (Fsp3) is 0.909. The smallest absolute Gasteiger partial charge is 0.317 e. The van der Waals surface area contributed by atoms with Crippen molar-refractivity contribution in [3.63, 3.8) is 0 Å². The first-order chi connectivity index (χ1) is 7.31. The van der Waals surface area contributed by atoms with Crippen LogP contribution < -0.4 is 10.6 Å². The lowest BCUT2D eigenvalue weighted by Gasteiger charge is -2.30. The van der Waals surface area contributed by atoms with Gasteiger partial charge in [-0.2, -0.15) is 0 Å². The number of carbonyl (C=O) groups excluding carboxylic acids is 1. The van der Waals surface area contributed by atoms with Gasteiger partial charge in [0.05, 0.1) is 6.04 Å². The minimum atomic E-state index is 0.142. The molecule has 86 valence electrons. The number of hydrogen-bond acceptors (Lipinski definition) is 2. The quantitative estimate of drug-likeness (QED) is 0.660. The fourth-order valence-corrected chi connectivity index (χ4v) is 2.36. The minimum Gasteiger partial charge on any atom is -0.333 e. The Bertz CT molecular complexity index is 228. The first-order valence-corrected chi connectivity index (χ1v) is 6.01. The number of urea groups is 1. The maximum atomic E-state index is 11.6. The van der Waals surface area contributed by atoms with Crippen LogP contribution in [0.25, 0.3) is 0 Å². The lowest BCUT2D eigenvalue weighted by Crippen LogP contribution is -2.37. The predicted molar refractivity (Wildman–Crippen MR) is 59.8 cm³/mol. The standard InChI is InChI=1S/C11H21N3O/c1-12-6-3-7-14-8-10(13-11(14)15)9-4-2-5-9/h9-10,12H,2-8H2,1H3,(H,13,15). The summed E-state index contributed by atoms with van der Waals surface area (Å²) in [5.41, 5.74) is 0. The molecule has 1 aliphatic carbocycles. The zero-order chi connectivity index (χ0) is 10.7. The van der Waals surface area contributed by atoms with Crippen molar-refractivity contribution in [1.82, 2.24) is 15.5 Å². The third-order valence-corrected chi connectivity index (χ3v) is 3.59. The van der Waals surface area contributed by atoms with Crippen LogP contribution in [0.4, 0.5) is 4.79 Å². The minimum absolute atomic E-state index is 0.142. The molecule has 1 saturated heterocycles. The number of nitrogens with one attached hydrogen (secondary N) is 2. The van der Waals surface area contributed by atoms with Gasteiger partial charge in [-0.15, -0.1) is 0 Å². The molecule has 0 aromatic rings. The van der Waals surface area contributed by atoms with Crippen LogP contribution >= 0.6 is 0 Å². The molecule has 4 heteroatoms. The first-order valence-electron chi connectivity index (χ1n) is 6.01. The molecule has 0 aromatic carbocycles. The van der Waals surface area contributed by atoms with Crippen molar-refractivity contribution in [2.75, 3.05) is 26.7 Å². The van der Waals surface area contributed by atoms with Gasteiger partial charge in [-0.05, 0) is 38.8 Å². The molecule has 1 aliphatic heterocycles. The summed E-state index contributed by atoms with van der Waals surface area (Å²) in [6.45, 7) is 2.79. The summed E-state index contributed by atoms with van der Waals surface area (Å²) >= 11 is 0. The van der Waals surface area contributed by atoms with E-state index in [2.05, 4.69) is 10.6 Å². The molecule has 0 aromatic heterocycles. The van der Waals surface area contributed by atoms with Crippen LogP contribution in [0.2, 0.25) is 0 Å². The van der Waals surface area contributed by atoms with Crippen LogP contribution in [0, 0.1) is 5.92 Å². The van der Waals surface area contributed by atoms with Crippen molar-refractivity contribution in [3.05, 3.63) is 0 Å². The van der Waals surface area contributed by atoms with Crippen LogP contribution in [0.15, 0.2) is 0 Å². The van der Waals surface area contributed by atoms with Crippen molar-refractivity contribution in [2.24, 2.45) is 5.92 Å². The van der Waals surface area contributed by atoms with E-state index >= 15 is 0 Å². The largest absolute Gasteiger partial charge is 0.333 e. The van der Waals surface area contributed by atoms with E-state index in [9.17, 15) is 4.79 Å². The Hall–Kier alpha value is -0.770. The Morgan fingerprint density at radius 3 is 2.93 bits per heavy atom. The molecular formula is C11H21N3O. The highest BCUT2D eigenvalue weighted by molar-refractivity contribution is 5.76. The highest BCUT2D eigenvalue weighted by atomic mass is 16.2. The number of amides is 2. The van der Waals surface area contributed by atoms with Gasteiger partial charge in [0.1, 0.15) is 0 Å². The molecule has 1 atom stereocenters. The van der Waals surface area contributed by atoms with Crippen LogP contribution in [0.5, 0.6) is 0 Å². The Morgan fingerprint density at radius 2 is 2.33 bits per heavy atom. The molecule has 4 nitrogen and oxygen atoms in total. The monoisotopic (exact) mass is 211 g/mol. The van der Waals surface area contributed by atoms with Gasteiger partial charge in [0.25, 0.3) is 0 Å². The molecular weight excluding hydrogens is 190 g/mol. The summed E-state index contributed by atoms with van der Waals surface area (Å²) < 4.78 is 0. The summed E-state index contributed by atoms with van der Waals surface area (Å²) in [5, 5.41) is 6.20. The Labute approximate surface area is 91.4 Å². The average Bonchev–Trinajstić information content (AvgIpc) is 2.45. The topological polar surface area (TPSA) is 44.4 Å². The Morgan fingerprint density at radius 1 is 1.53 bits per heavy atom. The van der Waals surface area contributed by atoms with Gasteiger partial charge < -0.3 is 15.5 Å². The summed E-state index contributed by atoms with van der Waals surface area (Å²) in [5.74, 6) is 0.753. The van der Waals surface area contributed by atoms with E-state index in [0.29, 0.717) is 6.04 Å². The molecule has 2 rings (SSSR count). The average molecular weight is 211 g/mol. The fourth-order valence-electron chi connectivity index (χ4n) is 2.36. The molecule has 1 heterocycles. The first kappa shape index (κ1) is 10.7. The zero-order valence-corrected chi connectivity index (χ0v) is 9.46. The lowest BCUT2D eigenvalue weighted by atomic mass is 9.80. The van der Waals surface area contributed by atoms with Crippen molar-refractivity contribution >= 4 is 6.03 Å². The molecule has 0 spiro atoms. The van der Waals surface area contributed by atoms with Gasteiger partial charge >= 0.3 is 6.03 Å². The van der Waals surface area contributed by atoms with Crippen molar-refractivity contribution in [3.8, 4) is 0 Å². The van der Waals surface area contributed by atoms with E-state index in [1.54, 1.807) is 0 Å². The normalized spacial score (nSPS) is 26.6. The van der Waals surface area contributed by atoms with E-state index in [4.69, 9.17) is 0 Å². The van der Waals surface area contributed by atoms with Crippen LogP contribution in [-0.2, 0) is 0 Å². The van der Waals surface area contributed by atoms with Gasteiger partial charge in [-0.25, -0.2) is 4.79 Å². The van der Waals surface area contributed by atoms with Crippen molar-refractivity contribution in [2.45, 2.75) is 31.7 Å². The van der Waals surface area contributed by atoms with Crippen LogP contribution in [-0.4, -0.2) is 43.7 Å². The molecule has 2 aliphatic rings. The second-order valence-corrected chi connectivity index (χ2v) is 4.65. The summed E-state index contributed by atoms with van der Waals surface area (Å²) in [6.07, 6.45) is 4.99. The molecule has 1 saturated carbocycles. The number of rotatable bonds is 5. The Kier molecular flexibility index (Phi) is 3.46. The number of nitrogens with zero attached hydrogens (tertiary/aromatic N) is 1. The molecule has 15 heavy (non-hydrogen) atoms. The second-order valence-electron chi connectivity index (χ2n) is 4.65. The highest BCUT2D eigenvalue weighted by Gasteiger charge is 2.36. The summed E-state index contributed by atoms with van der Waals surface area (Å²) in [7, 11) is 1.95. The van der Waals surface area contributed by atoms with Crippen LogP contribution in [0.1, 0.15) is 25.7 Å². The SMILES string of the molecule is CNCCCN1CC(C2CCC2)NC1=O. The van der Waals surface area contributed by atoms with E-state index < -0.39 is 0 Å². The molecule has 2 amide bonds. The predicted octanol–water partition coefficient (Wildman–Crippen LogP) is 0.790. The molecule has 1 unspecified atom stereocenters. The molecule has 0 radical (unpaired) electrons. The van der Waals surface area contributed by atoms with Gasteiger partial charge in [-0.3, -0.25) is 0 Å². The van der Waals surface area contributed by atoms with E-state index in [0.717, 1.165) is 32.0 Å². The number of hydrogen-bond donors (Lipinski definition) is 2. The van der Waals surface area contributed by atoms with Gasteiger partial charge in [0, 0.05) is 13.1 Å². The maximum absolute atomic E-state index is 11.6. The van der Waals surface area contributed by atoms with Gasteiger partial charge in [0.2, 0.25) is 0 Å². The summed E-state index contributed by atoms with van der Waals surface area (Å²) in [4.78, 5) is 13.6. The van der Waals surface area contributed by atoms with Gasteiger partial charge in [-0.1, -0.05) is 6.42 Å². The van der Waals surface area contributed by atoms with Crippen molar-refractivity contribution < 1.29 is 4.79 Å². The van der Waals surface area contributed by atoms with Crippen molar-refractivity contribution in [1.29, 1.82) is 0 Å². The Balaban J connectivity index is 1.74. The zero-order valence-electron chi connectivity index (χ0n) is 9.46. The summed E-state index contributed by atoms with van der Waals surface area (Å²) in [6, 6.07) is 0.573.